The summed E-state index contributed by atoms with van der Waals surface area (Å²) in [7, 11) is 3.94. The molecule has 0 unspecified atom stereocenters. The van der Waals surface area contributed by atoms with Crippen LogP contribution in [0.1, 0.15) is 35.3 Å². The highest BCUT2D eigenvalue weighted by atomic mass is 32.2. The van der Waals surface area contributed by atoms with Crippen LogP contribution in [-0.2, 0) is 10.2 Å². The first-order valence-corrected chi connectivity index (χ1v) is 10.8. The van der Waals surface area contributed by atoms with Gasteiger partial charge in [0.15, 0.2) is 11.5 Å². The molecule has 0 fully saturated rings. The fourth-order valence-corrected chi connectivity index (χ4v) is 3.81. The molecule has 0 heterocycles. The van der Waals surface area contributed by atoms with Crippen LogP contribution in [0.15, 0.2) is 42.5 Å². The van der Waals surface area contributed by atoms with Crippen LogP contribution < -0.4 is 19.1 Å². The summed E-state index contributed by atoms with van der Waals surface area (Å²) in [6.45, 7) is 1.98. The van der Waals surface area contributed by atoms with Gasteiger partial charge >= 0.3 is 10.2 Å². The number of nitrogens with zero attached hydrogens (tertiary/aromatic N) is 2. The molecule has 0 aromatic heterocycles. The summed E-state index contributed by atoms with van der Waals surface area (Å²) in [5.41, 5.74) is 1.80. The number of carbonyl (C=O) groups excluding carboxylic acids is 1. The molecule has 1 N–H and O–H groups in total. The van der Waals surface area contributed by atoms with Crippen molar-refractivity contribution >= 4 is 21.8 Å². The van der Waals surface area contributed by atoms with Gasteiger partial charge in [0, 0.05) is 26.7 Å². The van der Waals surface area contributed by atoms with Crippen LogP contribution in [0.25, 0.3) is 0 Å². The maximum atomic E-state index is 12.7. The second kappa shape index (κ2) is 9.82. The summed E-state index contributed by atoms with van der Waals surface area (Å²) in [6.07, 6.45) is 0.684. The van der Waals surface area contributed by atoms with E-state index in [0.717, 1.165) is 14.2 Å². The number of methoxy groups -OCH3 is 2. The van der Waals surface area contributed by atoms with Crippen LogP contribution in [0, 0.1) is 0 Å². The van der Waals surface area contributed by atoms with Crippen molar-refractivity contribution in [3.63, 3.8) is 0 Å². The molecule has 1 amide bonds. The quantitative estimate of drug-likeness (QED) is 0.654. The number of nitrogens with one attached hydrogen (secondary N) is 1. The zero-order chi connectivity index (χ0) is 22.5. The molecule has 0 bridgehead atoms. The van der Waals surface area contributed by atoms with Gasteiger partial charge in [0.25, 0.3) is 5.91 Å². The number of benzene rings is 2. The summed E-state index contributed by atoms with van der Waals surface area (Å²) in [5, 5.41) is 3.01. The molecule has 2 rings (SSSR count). The van der Waals surface area contributed by atoms with Crippen LogP contribution >= 0.6 is 0 Å². The summed E-state index contributed by atoms with van der Waals surface area (Å²) < 4.78 is 37.4. The maximum Gasteiger partial charge on any atom is 0.303 e. The molecule has 0 saturated carbocycles. The number of hydrogen-bond acceptors (Lipinski definition) is 5. The molecule has 0 radical (unpaired) electrons. The minimum atomic E-state index is -3.59. The predicted molar refractivity (Wildman–Crippen MR) is 117 cm³/mol. The molecule has 8 nitrogen and oxygen atoms in total. The lowest BCUT2D eigenvalue weighted by atomic mass is 10.0. The lowest BCUT2D eigenvalue weighted by Crippen LogP contribution is -2.37. The minimum Gasteiger partial charge on any atom is -0.493 e. The van der Waals surface area contributed by atoms with E-state index in [1.54, 1.807) is 44.6 Å². The molecule has 0 saturated heterocycles. The predicted octanol–water partition coefficient (Wildman–Crippen LogP) is 2.83. The highest BCUT2D eigenvalue weighted by Crippen LogP contribution is 2.31. The van der Waals surface area contributed by atoms with Crippen molar-refractivity contribution < 1.29 is 22.7 Å². The average molecular weight is 436 g/mol. The van der Waals surface area contributed by atoms with Gasteiger partial charge in [0.05, 0.1) is 25.9 Å². The van der Waals surface area contributed by atoms with Gasteiger partial charge < -0.3 is 14.8 Å². The number of anilines is 1. The Balaban J connectivity index is 2.18. The van der Waals surface area contributed by atoms with Gasteiger partial charge in [0.1, 0.15) is 0 Å². The lowest BCUT2D eigenvalue weighted by Gasteiger charge is -2.23. The summed E-state index contributed by atoms with van der Waals surface area (Å²) in [5.74, 6) is 0.966. The van der Waals surface area contributed by atoms with Gasteiger partial charge in [-0.15, -0.1) is 0 Å². The van der Waals surface area contributed by atoms with Gasteiger partial charge in [0.2, 0.25) is 0 Å². The number of carbonyl (C=O) groups is 1. The number of rotatable bonds is 9. The molecular weight excluding hydrogens is 406 g/mol. The second-order valence-electron chi connectivity index (χ2n) is 6.85. The first-order chi connectivity index (χ1) is 14.1. The van der Waals surface area contributed by atoms with Crippen molar-refractivity contribution in [2.24, 2.45) is 0 Å². The molecule has 0 spiro atoms. The van der Waals surface area contributed by atoms with Crippen LogP contribution in [0.5, 0.6) is 11.5 Å². The Labute approximate surface area is 178 Å². The third kappa shape index (κ3) is 5.03. The molecule has 2 aromatic rings. The van der Waals surface area contributed by atoms with E-state index in [1.807, 2.05) is 19.1 Å². The van der Waals surface area contributed by atoms with E-state index in [2.05, 4.69) is 5.32 Å². The van der Waals surface area contributed by atoms with Crippen molar-refractivity contribution in [3.05, 3.63) is 53.6 Å². The Hall–Kier alpha value is -2.78. The monoisotopic (exact) mass is 435 g/mol. The Morgan fingerprint density at radius 3 is 2.10 bits per heavy atom. The first-order valence-electron chi connectivity index (χ1n) is 9.44. The maximum absolute atomic E-state index is 12.7. The smallest absolute Gasteiger partial charge is 0.303 e. The second-order valence-corrected chi connectivity index (χ2v) is 9.03. The lowest BCUT2D eigenvalue weighted by molar-refractivity contribution is 0.0935. The Bertz CT molecular complexity index is 975. The third-order valence-electron chi connectivity index (χ3n) is 4.82. The van der Waals surface area contributed by atoms with E-state index in [1.165, 1.54) is 21.1 Å². The molecule has 1 atom stereocenters. The fourth-order valence-electron chi connectivity index (χ4n) is 2.93. The van der Waals surface area contributed by atoms with Gasteiger partial charge in [-0.25, -0.2) is 0 Å². The van der Waals surface area contributed by atoms with Crippen molar-refractivity contribution in [1.82, 2.24) is 9.62 Å². The van der Waals surface area contributed by atoms with Crippen molar-refractivity contribution in [3.8, 4) is 11.5 Å². The summed E-state index contributed by atoms with van der Waals surface area (Å²) in [4.78, 5) is 12.7. The van der Waals surface area contributed by atoms with E-state index in [-0.39, 0.29) is 11.9 Å². The standard InChI is InChI=1S/C21H29N3O5S/c1-7-18(16-10-13-19(28-5)20(14-16)29-6)22-21(25)15-8-11-17(12-9-15)24(4)30(26,27)23(2)3/h8-14,18H,7H2,1-6H3,(H,22,25)/t18-/m0/s1. The molecule has 0 aliphatic heterocycles. The van der Waals surface area contributed by atoms with Crippen LogP contribution in [-0.4, -0.2) is 54.0 Å². The van der Waals surface area contributed by atoms with Crippen LogP contribution in [0.3, 0.4) is 0 Å². The van der Waals surface area contributed by atoms with E-state index in [9.17, 15) is 13.2 Å². The molecule has 9 heteroatoms. The van der Waals surface area contributed by atoms with E-state index in [4.69, 9.17) is 9.47 Å². The Morgan fingerprint density at radius 2 is 1.60 bits per heavy atom. The van der Waals surface area contributed by atoms with Gasteiger partial charge in [-0.05, 0) is 48.4 Å². The van der Waals surface area contributed by atoms with E-state index in [0.29, 0.717) is 29.2 Å². The van der Waals surface area contributed by atoms with Crippen molar-refractivity contribution in [2.75, 3.05) is 39.7 Å². The van der Waals surface area contributed by atoms with Crippen molar-refractivity contribution in [2.45, 2.75) is 19.4 Å². The number of amides is 1. The van der Waals surface area contributed by atoms with E-state index >= 15 is 0 Å². The summed E-state index contributed by atoms with van der Waals surface area (Å²) >= 11 is 0. The Morgan fingerprint density at radius 1 is 1.00 bits per heavy atom. The highest BCUT2D eigenvalue weighted by Gasteiger charge is 2.21. The van der Waals surface area contributed by atoms with Crippen LogP contribution in [0.4, 0.5) is 5.69 Å². The largest absolute Gasteiger partial charge is 0.493 e. The highest BCUT2D eigenvalue weighted by molar-refractivity contribution is 7.90. The minimum absolute atomic E-state index is 0.214. The Kier molecular flexibility index (Phi) is 7.69. The van der Waals surface area contributed by atoms with Crippen molar-refractivity contribution in [1.29, 1.82) is 0 Å². The van der Waals surface area contributed by atoms with Crippen LogP contribution in [0.2, 0.25) is 0 Å². The molecule has 2 aromatic carbocycles. The molecule has 0 aliphatic rings. The summed E-state index contributed by atoms with van der Waals surface area (Å²) in [6, 6.07) is 11.7. The zero-order valence-electron chi connectivity index (χ0n) is 18.2. The molecular formula is C21H29N3O5S. The number of ether oxygens (including phenoxy) is 2. The van der Waals surface area contributed by atoms with E-state index < -0.39 is 10.2 Å². The zero-order valence-corrected chi connectivity index (χ0v) is 19.0. The molecule has 164 valence electrons. The van der Waals surface area contributed by atoms with Gasteiger partial charge in [-0.3, -0.25) is 9.10 Å². The topological polar surface area (TPSA) is 88.2 Å². The molecule has 0 aliphatic carbocycles. The third-order valence-corrected chi connectivity index (χ3v) is 6.65. The van der Waals surface area contributed by atoms with Gasteiger partial charge in [-0.1, -0.05) is 13.0 Å². The van der Waals surface area contributed by atoms with Gasteiger partial charge in [-0.2, -0.15) is 12.7 Å². The number of hydrogen-bond donors (Lipinski definition) is 1. The average Bonchev–Trinajstić information content (AvgIpc) is 2.76. The SMILES string of the molecule is CC[C@H](NC(=O)c1ccc(N(C)S(=O)(=O)N(C)C)cc1)c1ccc(OC)c(OC)c1. The fraction of sp³-hybridized carbons (Fsp3) is 0.381. The first kappa shape index (κ1) is 23.5. The molecule has 30 heavy (non-hydrogen) atoms. The normalized spacial score (nSPS) is 12.4.